The lowest BCUT2D eigenvalue weighted by molar-refractivity contribution is -0.274. The Bertz CT molecular complexity index is 1370. The number of carbonyl (C=O) groups is 1. The van der Waals surface area contributed by atoms with E-state index in [0.29, 0.717) is 42.6 Å². The highest BCUT2D eigenvalue weighted by Crippen LogP contribution is 2.57. The Morgan fingerprint density at radius 1 is 0.946 bits per heavy atom. The van der Waals surface area contributed by atoms with Gasteiger partial charge in [-0.15, -0.1) is 13.2 Å². The third-order valence-electron chi connectivity index (χ3n) is 7.02. The third-order valence-corrected chi connectivity index (χ3v) is 7.55. The first-order chi connectivity index (χ1) is 17.6. The second-order valence-corrected chi connectivity index (χ2v) is 9.99. The van der Waals surface area contributed by atoms with Crippen molar-refractivity contribution in [3.63, 3.8) is 0 Å². The van der Waals surface area contributed by atoms with Crippen molar-refractivity contribution in [2.45, 2.75) is 43.3 Å². The summed E-state index contributed by atoms with van der Waals surface area (Å²) in [6, 6.07) is 19.9. The van der Waals surface area contributed by atoms with Crippen LogP contribution in [0.15, 0.2) is 77.3 Å². The van der Waals surface area contributed by atoms with Crippen LogP contribution in [0, 0.1) is 11.3 Å². The zero-order chi connectivity index (χ0) is 26.4. The molecule has 2 fully saturated rings. The molecule has 2 amide bonds. The lowest BCUT2D eigenvalue weighted by atomic mass is 9.79. The Kier molecular flexibility index (Phi) is 6.16. The molecule has 1 aliphatic carbocycles. The van der Waals surface area contributed by atoms with Crippen LogP contribution >= 0.6 is 15.9 Å². The highest BCUT2D eigenvalue weighted by molar-refractivity contribution is 9.10. The molecular weight excluding hydrogens is 551 g/mol. The van der Waals surface area contributed by atoms with Gasteiger partial charge in [0, 0.05) is 21.4 Å². The third kappa shape index (κ3) is 4.12. The van der Waals surface area contributed by atoms with Crippen molar-refractivity contribution in [3.05, 3.63) is 88.4 Å². The first-order valence-electron chi connectivity index (χ1n) is 11.6. The number of nitriles is 1. The summed E-state index contributed by atoms with van der Waals surface area (Å²) in [7, 11) is 0. The summed E-state index contributed by atoms with van der Waals surface area (Å²) in [5, 5.41) is 21.9. The predicted octanol–water partition coefficient (Wildman–Crippen LogP) is 6.82. The number of hydrogen-bond donors (Lipinski definition) is 1. The van der Waals surface area contributed by atoms with Crippen LogP contribution < -0.4 is 14.5 Å². The second-order valence-electron chi connectivity index (χ2n) is 9.08. The molecule has 5 rings (SSSR count). The molecule has 1 saturated heterocycles. The summed E-state index contributed by atoms with van der Waals surface area (Å²) in [6.45, 7) is 0. The Labute approximate surface area is 219 Å². The van der Waals surface area contributed by atoms with E-state index >= 15 is 0 Å². The number of rotatable bonds is 4. The summed E-state index contributed by atoms with van der Waals surface area (Å²) in [5.74, 6) is -0.494. The van der Waals surface area contributed by atoms with E-state index in [4.69, 9.17) is 0 Å². The van der Waals surface area contributed by atoms with Crippen molar-refractivity contribution in [1.82, 2.24) is 0 Å². The molecule has 0 radical (unpaired) electrons. The minimum atomic E-state index is -4.92. The molecule has 6 nitrogen and oxygen atoms in total. The lowest BCUT2D eigenvalue weighted by Gasteiger charge is -2.45. The van der Waals surface area contributed by atoms with Gasteiger partial charge in [0.1, 0.15) is 11.3 Å². The molecule has 0 aromatic heterocycles. The summed E-state index contributed by atoms with van der Waals surface area (Å²) in [5.41, 5.74) is -1.86. The number of aliphatic hydroxyl groups is 1. The van der Waals surface area contributed by atoms with Gasteiger partial charge >= 0.3 is 12.4 Å². The normalized spacial score (nSPS) is 20.9. The fraction of sp³-hybridized carbons (Fsp3) is 0.259. The lowest BCUT2D eigenvalue weighted by Crippen LogP contribution is -2.58. The van der Waals surface area contributed by atoms with Gasteiger partial charge < -0.3 is 9.84 Å². The molecule has 3 aromatic carbocycles. The second kappa shape index (κ2) is 9.08. The van der Waals surface area contributed by atoms with E-state index in [9.17, 15) is 28.3 Å². The quantitative estimate of drug-likeness (QED) is 0.372. The van der Waals surface area contributed by atoms with Crippen LogP contribution in [0.2, 0.25) is 0 Å². The molecule has 2 aliphatic rings. The number of nitrogens with zero attached hydrogens (tertiary/aromatic N) is 3. The van der Waals surface area contributed by atoms with E-state index in [0.717, 1.165) is 16.6 Å². The molecule has 1 spiro atoms. The van der Waals surface area contributed by atoms with Gasteiger partial charge in [-0.3, -0.25) is 9.80 Å². The molecule has 1 saturated carbocycles. The Morgan fingerprint density at radius 2 is 1.54 bits per heavy atom. The van der Waals surface area contributed by atoms with Crippen LogP contribution in [-0.4, -0.2) is 23.0 Å². The number of halogens is 4. The van der Waals surface area contributed by atoms with Crippen molar-refractivity contribution in [1.29, 1.82) is 5.26 Å². The molecule has 1 atom stereocenters. The van der Waals surface area contributed by atoms with E-state index in [1.54, 1.807) is 48.5 Å². The summed E-state index contributed by atoms with van der Waals surface area (Å²) < 4.78 is 44.0. The highest BCUT2D eigenvalue weighted by atomic mass is 79.9. The van der Waals surface area contributed by atoms with Gasteiger partial charge in [-0.1, -0.05) is 40.9 Å². The van der Waals surface area contributed by atoms with E-state index in [2.05, 4.69) is 26.7 Å². The van der Waals surface area contributed by atoms with Gasteiger partial charge in [0.25, 0.3) is 0 Å². The van der Waals surface area contributed by atoms with Crippen LogP contribution in [0.3, 0.4) is 0 Å². The summed E-state index contributed by atoms with van der Waals surface area (Å²) in [4.78, 5) is 17.0. The number of ether oxygens (including phenoxy) is 1. The minimum Gasteiger partial charge on any atom is -0.406 e. The summed E-state index contributed by atoms with van der Waals surface area (Å²) in [6.07, 6.45) is -2.69. The molecular formula is C27H21BrF3N3O3. The van der Waals surface area contributed by atoms with Gasteiger partial charge in [-0.05, 0) is 73.5 Å². The van der Waals surface area contributed by atoms with Crippen LogP contribution in [-0.2, 0) is 5.72 Å². The number of urea groups is 1. The number of hydrogen-bond acceptors (Lipinski definition) is 4. The maximum Gasteiger partial charge on any atom is 0.573 e. The van der Waals surface area contributed by atoms with Crippen LogP contribution in [0.25, 0.3) is 0 Å². The average molecular weight is 572 g/mol. The van der Waals surface area contributed by atoms with E-state index in [1.807, 2.05) is 0 Å². The van der Waals surface area contributed by atoms with Gasteiger partial charge in [0.15, 0.2) is 5.72 Å². The van der Waals surface area contributed by atoms with E-state index in [-0.39, 0.29) is 5.56 Å². The van der Waals surface area contributed by atoms with Crippen molar-refractivity contribution >= 4 is 33.3 Å². The van der Waals surface area contributed by atoms with Gasteiger partial charge in [-0.2, -0.15) is 5.26 Å². The molecule has 1 unspecified atom stereocenters. The van der Waals surface area contributed by atoms with Gasteiger partial charge in [0.2, 0.25) is 0 Å². The smallest absolute Gasteiger partial charge is 0.406 e. The largest absolute Gasteiger partial charge is 0.573 e. The van der Waals surface area contributed by atoms with Crippen molar-refractivity contribution in [2.75, 3.05) is 9.80 Å². The number of alkyl halides is 3. The fourth-order valence-corrected chi connectivity index (χ4v) is 5.82. The standard InChI is InChI=1S/C27H21BrF3N3O3/c28-20-8-12-22(13-9-20)34-24(35)33(21-10-6-18(17-32)7-11-21)25(14-1-2-15-25)26(34,36)19-4-3-5-23(16-19)37-27(29,30)31/h3-13,16,36H,1-2,14-15H2. The zero-order valence-electron chi connectivity index (χ0n) is 19.4. The summed E-state index contributed by atoms with van der Waals surface area (Å²) >= 11 is 3.38. The molecule has 1 N–H and O–H groups in total. The SMILES string of the molecule is N#Cc1ccc(N2C(=O)N(c3ccc(Br)cc3)C(O)(c3cccc(OC(F)(F)F)c3)C23CCCC3)cc1. The molecule has 1 aliphatic heterocycles. The Hall–Kier alpha value is -3.55. The van der Waals surface area contributed by atoms with Crippen molar-refractivity contribution < 1.29 is 27.8 Å². The maximum absolute atomic E-state index is 14.2. The van der Waals surface area contributed by atoms with Crippen molar-refractivity contribution in [3.8, 4) is 11.8 Å². The first kappa shape index (κ1) is 25.1. The number of anilines is 2. The topological polar surface area (TPSA) is 76.8 Å². The number of carbonyl (C=O) groups excluding carboxylic acids is 1. The van der Waals surface area contributed by atoms with Gasteiger partial charge in [0.05, 0.1) is 11.6 Å². The Morgan fingerprint density at radius 3 is 2.14 bits per heavy atom. The van der Waals surface area contributed by atoms with Crippen LogP contribution in [0.1, 0.15) is 36.8 Å². The molecule has 10 heteroatoms. The molecule has 0 bridgehead atoms. The minimum absolute atomic E-state index is 0.101. The predicted molar refractivity (Wildman–Crippen MR) is 134 cm³/mol. The zero-order valence-corrected chi connectivity index (χ0v) is 21.0. The number of benzene rings is 3. The monoisotopic (exact) mass is 571 g/mol. The Balaban J connectivity index is 1.75. The first-order valence-corrected chi connectivity index (χ1v) is 12.4. The van der Waals surface area contributed by atoms with Crippen molar-refractivity contribution in [2.24, 2.45) is 0 Å². The van der Waals surface area contributed by atoms with E-state index in [1.165, 1.54) is 21.9 Å². The van der Waals surface area contributed by atoms with Crippen LogP contribution in [0.4, 0.5) is 29.3 Å². The maximum atomic E-state index is 14.2. The highest BCUT2D eigenvalue weighted by Gasteiger charge is 2.69. The molecule has 1 heterocycles. The number of amides is 2. The van der Waals surface area contributed by atoms with Crippen LogP contribution in [0.5, 0.6) is 5.75 Å². The van der Waals surface area contributed by atoms with E-state index < -0.39 is 29.4 Å². The average Bonchev–Trinajstić information content (AvgIpc) is 3.42. The molecule has 37 heavy (non-hydrogen) atoms. The fourth-order valence-electron chi connectivity index (χ4n) is 5.56. The molecule has 190 valence electrons. The molecule has 3 aromatic rings. The van der Waals surface area contributed by atoms with Gasteiger partial charge in [-0.25, -0.2) is 4.79 Å².